The Morgan fingerprint density at radius 3 is 2.68 bits per heavy atom. The van der Waals surface area contributed by atoms with Crippen molar-refractivity contribution in [3.05, 3.63) is 64.0 Å². The third kappa shape index (κ3) is 5.27. The topological polar surface area (TPSA) is 103 Å². The van der Waals surface area contributed by atoms with E-state index in [1.165, 1.54) is 49.6 Å². The molecule has 0 heterocycles. The van der Waals surface area contributed by atoms with Gasteiger partial charge in [0, 0.05) is 6.07 Å². The van der Waals surface area contributed by atoms with Gasteiger partial charge >= 0.3 is 0 Å². The molecular weight excluding hydrogens is 333 g/mol. The first-order chi connectivity index (χ1) is 12.0. The van der Waals surface area contributed by atoms with Crippen LogP contribution in [-0.4, -0.2) is 24.2 Å². The van der Waals surface area contributed by atoms with E-state index < -0.39 is 10.8 Å². The second-order valence-corrected chi connectivity index (χ2v) is 4.77. The van der Waals surface area contributed by atoms with Gasteiger partial charge in [0.2, 0.25) is 0 Å². The monoisotopic (exact) mass is 347 g/mol. The van der Waals surface area contributed by atoms with Crippen LogP contribution >= 0.6 is 0 Å². The van der Waals surface area contributed by atoms with Crippen molar-refractivity contribution in [3.8, 4) is 5.75 Å². The van der Waals surface area contributed by atoms with Crippen LogP contribution in [0.3, 0.4) is 0 Å². The molecule has 8 nitrogen and oxygen atoms in total. The number of nitrogens with one attached hydrogen (secondary N) is 1. The number of anilines is 1. The summed E-state index contributed by atoms with van der Waals surface area (Å²) < 4.78 is 17.8. The molecule has 2 aromatic carbocycles. The Labute approximate surface area is 142 Å². The minimum absolute atomic E-state index is 0.0743. The number of methoxy groups -OCH3 is 1. The molecule has 0 aliphatic heterocycles. The molecule has 0 saturated carbocycles. The number of amides is 1. The first-order valence-corrected chi connectivity index (χ1v) is 7.03. The molecular formula is C16H14FN3O5. The molecule has 0 bridgehead atoms. The Kier molecular flexibility index (Phi) is 5.99. The van der Waals surface area contributed by atoms with Gasteiger partial charge in [-0.3, -0.25) is 14.9 Å². The van der Waals surface area contributed by atoms with Crippen LogP contribution in [0.5, 0.6) is 5.75 Å². The molecule has 0 saturated heterocycles. The highest BCUT2D eigenvalue weighted by atomic mass is 19.1. The summed E-state index contributed by atoms with van der Waals surface area (Å²) in [4.78, 5) is 26.9. The van der Waals surface area contributed by atoms with E-state index >= 15 is 0 Å². The smallest absolute Gasteiger partial charge is 0.273 e. The Hall–Kier alpha value is -3.49. The number of rotatable bonds is 7. The molecule has 130 valence electrons. The van der Waals surface area contributed by atoms with Crippen molar-refractivity contribution in [3.63, 3.8) is 0 Å². The largest absolute Gasteiger partial charge is 0.494 e. The third-order valence-corrected chi connectivity index (χ3v) is 3.04. The van der Waals surface area contributed by atoms with Crippen LogP contribution in [0.2, 0.25) is 0 Å². The normalized spacial score (nSPS) is 10.5. The molecule has 0 aliphatic carbocycles. The molecule has 2 aromatic rings. The first-order valence-electron chi connectivity index (χ1n) is 7.03. The second-order valence-electron chi connectivity index (χ2n) is 4.77. The van der Waals surface area contributed by atoms with Gasteiger partial charge in [0.25, 0.3) is 11.6 Å². The molecule has 0 aliphatic rings. The summed E-state index contributed by atoms with van der Waals surface area (Å²) in [7, 11) is 1.33. The summed E-state index contributed by atoms with van der Waals surface area (Å²) in [5, 5.41) is 16.7. The van der Waals surface area contributed by atoms with Crippen molar-refractivity contribution in [1.82, 2.24) is 0 Å². The summed E-state index contributed by atoms with van der Waals surface area (Å²) in [6.07, 6.45) is 0.907. The van der Waals surface area contributed by atoms with Crippen molar-refractivity contribution in [1.29, 1.82) is 0 Å². The highest BCUT2D eigenvalue weighted by Gasteiger charge is 2.12. The van der Waals surface area contributed by atoms with E-state index in [1.54, 1.807) is 0 Å². The number of benzene rings is 2. The number of nitro benzene ring substituents is 1. The Morgan fingerprint density at radius 1 is 1.32 bits per heavy atom. The van der Waals surface area contributed by atoms with Gasteiger partial charge < -0.3 is 14.9 Å². The standard InChI is InChI=1S/C16H14FN3O5/c1-24-15-8-13(20(22)23)6-7-14(15)19-16(21)9-18-25-10-11-2-4-12(17)5-3-11/h2-9H,10H2,1H3,(H,19,21)/b18-9-. The average molecular weight is 347 g/mol. The quantitative estimate of drug-likeness (QED) is 0.471. The lowest BCUT2D eigenvalue weighted by Gasteiger charge is -2.08. The van der Waals surface area contributed by atoms with Gasteiger partial charge in [0.05, 0.1) is 23.8 Å². The van der Waals surface area contributed by atoms with Crippen molar-refractivity contribution >= 4 is 23.5 Å². The van der Waals surface area contributed by atoms with Gasteiger partial charge in [-0.1, -0.05) is 17.3 Å². The number of carbonyl (C=O) groups excluding carboxylic acids is 1. The molecule has 1 amide bonds. The lowest BCUT2D eigenvalue weighted by Crippen LogP contribution is -2.13. The zero-order chi connectivity index (χ0) is 18.2. The van der Waals surface area contributed by atoms with Gasteiger partial charge in [0.15, 0.2) is 0 Å². The van der Waals surface area contributed by atoms with Crippen molar-refractivity contribution in [2.75, 3.05) is 12.4 Å². The van der Waals surface area contributed by atoms with Crippen LogP contribution in [0.15, 0.2) is 47.6 Å². The van der Waals surface area contributed by atoms with Crippen molar-refractivity contribution < 1.29 is 23.7 Å². The van der Waals surface area contributed by atoms with Gasteiger partial charge in [0.1, 0.15) is 24.4 Å². The molecule has 1 N–H and O–H groups in total. The number of nitro groups is 1. The minimum atomic E-state index is -0.605. The summed E-state index contributed by atoms with van der Waals surface area (Å²) in [5.74, 6) is -0.821. The van der Waals surface area contributed by atoms with Gasteiger partial charge in [-0.2, -0.15) is 0 Å². The zero-order valence-electron chi connectivity index (χ0n) is 13.1. The lowest BCUT2D eigenvalue weighted by molar-refractivity contribution is -0.384. The fourth-order valence-electron chi connectivity index (χ4n) is 1.84. The van der Waals surface area contributed by atoms with Crippen LogP contribution in [0, 0.1) is 15.9 Å². The predicted molar refractivity (Wildman–Crippen MR) is 88.0 cm³/mol. The number of oxime groups is 1. The molecule has 0 unspecified atom stereocenters. The van der Waals surface area contributed by atoms with Gasteiger partial charge in [-0.25, -0.2) is 4.39 Å². The molecule has 2 rings (SSSR count). The van der Waals surface area contributed by atoms with E-state index in [1.807, 2.05) is 0 Å². The van der Waals surface area contributed by atoms with Gasteiger partial charge in [-0.15, -0.1) is 0 Å². The number of hydrogen-bond donors (Lipinski definition) is 1. The number of non-ortho nitro benzene ring substituents is 1. The van der Waals surface area contributed by atoms with E-state index in [2.05, 4.69) is 10.5 Å². The molecule has 0 atom stereocenters. The van der Waals surface area contributed by atoms with E-state index in [-0.39, 0.29) is 29.5 Å². The molecule has 0 aromatic heterocycles. The summed E-state index contributed by atoms with van der Waals surface area (Å²) in [6, 6.07) is 9.42. The van der Waals surface area contributed by atoms with Crippen molar-refractivity contribution in [2.24, 2.45) is 5.16 Å². The highest BCUT2D eigenvalue weighted by Crippen LogP contribution is 2.28. The fraction of sp³-hybridized carbons (Fsp3) is 0.125. The summed E-state index contributed by atoms with van der Waals surface area (Å²) in [6.45, 7) is 0.0743. The highest BCUT2D eigenvalue weighted by molar-refractivity contribution is 6.31. The zero-order valence-corrected chi connectivity index (χ0v) is 13.1. The number of hydrogen-bond acceptors (Lipinski definition) is 6. The molecule has 9 heteroatoms. The number of halogens is 1. The maximum absolute atomic E-state index is 12.7. The molecule has 25 heavy (non-hydrogen) atoms. The maximum Gasteiger partial charge on any atom is 0.273 e. The predicted octanol–water partition coefficient (Wildman–Crippen LogP) is 2.88. The van der Waals surface area contributed by atoms with Crippen LogP contribution in [0.25, 0.3) is 0 Å². The number of carbonyl (C=O) groups is 1. The fourth-order valence-corrected chi connectivity index (χ4v) is 1.84. The van der Waals surface area contributed by atoms with Crippen molar-refractivity contribution in [2.45, 2.75) is 6.61 Å². The average Bonchev–Trinajstić information content (AvgIpc) is 2.60. The third-order valence-electron chi connectivity index (χ3n) is 3.04. The second kappa shape index (κ2) is 8.39. The SMILES string of the molecule is COc1cc([N+](=O)[O-])ccc1NC(=O)/C=N\OCc1ccc(F)cc1. The number of ether oxygens (including phenoxy) is 1. The number of nitrogens with zero attached hydrogens (tertiary/aromatic N) is 2. The minimum Gasteiger partial charge on any atom is -0.494 e. The Morgan fingerprint density at radius 2 is 2.04 bits per heavy atom. The molecule has 0 radical (unpaired) electrons. The lowest BCUT2D eigenvalue weighted by atomic mass is 10.2. The van der Waals surface area contributed by atoms with Crippen LogP contribution in [0.4, 0.5) is 15.8 Å². The van der Waals surface area contributed by atoms with E-state index in [0.29, 0.717) is 5.56 Å². The van der Waals surface area contributed by atoms with Crippen LogP contribution in [-0.2, 0) is 16.2 Å². The van der Waals surface area contributed by atoms with Crippen LogP contribution < -0.4 is 10.1 Å². The van der Waals surface area contributed by atoms with Crippen LogP contribution in [0.1, 0.15) is 5.56 Å². The Balaban J connectivity index is 1.91. The first kappa shape index (κ1) is 17.9. The van der Waals surface area contributed by atoms with Gasteiger partial charge in [-0.05, 0) is 23.8 Å². The van der Waals surface area contributed by atoms with E-state index in [9.17, 15) is 19.3 Å². The summed E-state index contributed by atoms with van der Waals surface area (Å²) in [5.41, 5.74) is 0.783. The van der Waals surface area contributed by atoms with E-state index in [4.69, 9.17) is 9.57 Å². The Bertz CT molecular complexity index is 793. The maximum atomic E-state index is 12.7. The molecule has 0 fully saturated rings. The molecule has 0 spiro atoms. The summed E-state index contributed by atoms with van der Waals surface area (Å²) >= 11 is 0. The van der Waals surface area contributed by atoms with E-state index in [0.717, 1.165) is 6.21 Å².